The van der Waals surface area contributed by atoms with Crippen LogP contribution in [0.4, 0.5) is 13.2 Å². The van der Waals surface area contributed by atoms with Crippen LogP contribution in [0, 0.1) is 0 Å². The number of hydrogen-bond acceptors (Lipinski definition) is 3. The van der Waals surface area contributed by atoms with E-state index in [9.17, 15) is 18.3 Å². The first-order valence-electron chi connectivity index (χ1n) is 8.17. The molecule has 1 fully saturated rings. The first-order valence-corrected chi connectivity index (χ1v) is 8.17. The zero-order valence-corrected chi connectivity index (χ0v) is 13.4. The average Bonchev–Trinajstić information content (AvgIpc) is 2.52. The highest BCUT2D eigenvalue weighted by Crippen LogP contribution is 2.30. The molecular weight excluding hydrogens is 305 g/mol. The molecule has 1 aliphatic rings. The second-order valence-corrected chi connectivity index (χ2v) is 6.23. The number of likely N-dealkylation sites (tertiary alicyclic amines) is 1. The lowest BCUT2D eigenvalue weighted by Gasteiger charge is -2.29. The Labute approximate surface area is 135 Å². The predicted molar refractivity (Wildman–Crippen MR) is 84.2 cm³/mol. The van der Waals surface area contributed by atoms with E-state index in [1.54, 1.807) is 6.07 Å². The van der Waals surface area contributed by atoms with E-state index >= 15 is 0 Å². The van der Waals surface area contributed by atoms with Crippen LogP contribution in [0.3, 0.4) is 0 Å². The molecular formula is C17H25F3N2O. The third-order valence-corrected chi connectivity index (χ3v) is 4.37. The number of piperidine rings is 1. The van der Waals surface area contributed by atoms with Gasteiger partial charge in [0.25, 0.3) is 0 Å². The summed E-state index contributed by atoms with van der Waals surface area (Å²) in [6.45, 7) is 5.44. The highest BCUT2D eigenvalue weighted by molar-refractivity contribution is 5.27. The van der Waals surface area contributed by atoms with Gasteiger partial charge in [-0.2, -0.15) is 13.2 Å². The van der Waals surface area contributed by atoms with E-state index in [1.165, 1.54) is 12.1 Å². The summed E-state index contributed by atoms with van der Waals surface area (Å²) in [4.78, 5) is 2.32. The van der Waals surface area contributed by atoms with Crippen molar-refractivity contribution in [1.29, 1.82) is 0 Å². The summed E-state index contributed by atoms with van der Waals surface area (Å²) in [6.07, 6.45) is -1.86. The van der Waals surface area contributed by atoms with Gasteiger partial charge in [-0.05, 0) is 57.0 Å². The van der Waals surface area contributed by atoms with Gasteiger partial charge in [-0.1, -0.05) is 12.1 Å². The fraction of sp³-hybridized carbons (Fsp3) is 0.647. The SMILES string of the molecule is C[C@H](NCCCN1CCC(O)CC1)c1cccc(C(F)(F)F)c1. The molecule has 2 rings (SSSR count). The Morgan fingerprint density at radius 1 is 1.30 bits per heavy atom. The maximum Gasteiger partial charge on any atom is 0.416 e. The number of aliphatic hydroxyl groups excluding tert-OH is 1. The van der Waals surface area contributed by atoms with Crippen LogP contribution in [0.5, 0.6) is 0 Å². The molecule has 23 heavy (non-hydrogen) atoms. The summed E-state index contributed by atoms with van der Waals surface area (Å²) in [5, 5.41) is 12.7. The predicted octanol–water partition coefficient (Wildman–Crippen LogP) is 3.20. The van der Waals surface area contributed by atoms with Gasteiger partial charge in [0.05, 0.1) is 11.7 Å². The molecule has 1 aromatic carbocycles. The van der Waals surface area contributed by atoms with E-state index in [4.69, 9.17) is 0 Å². The van der Waals surface area contributed by atoms with E-state index in [0.717, 1.165) is 51.5 Å². The van der Waals surface area contributed by atoms with E-state index in [2.05, 4.69) is 10.2 Å². The van der Waals surface area contributed by atoms with Crippen molar-refractivity contribution in [2.45, 2.75) is 44.5 Å². The molecule has 1 saturated heterocycles. The molecule has 0 radical (unpaired) electrons. The Kier molecular flexibility index (Phi) is 6.44. The zero-order valence-electron chi connectivity index (χ0n) is 13.4. The second kappa shape index (κ2) is 8.13. The summed E-state index contributed by atoms with van der Waals surface area (Å²) < 4.78 is 38.2. The van der Waals surface area contributed by atoms with Gasteiger partial charge >= 0.3 is 6.18 Å². The van der Waals surface area contributed by atoms with Crippen LogP contribution in [0.1, 0.15) is 43.4 Å². The van der Waals surface area contributed by atoms with Gasteiger partial charge in [0.15, 0.2) is 0 Å². The third kappa shape index (κ3) is 5.79. The smallest absolute Gasteiger partial charge is 0.393 e. The van der Waals surface area contributed by atoms with E-state index in [0.29, 0.717) is 5.56 Å². The number of nitrogens with zero attached hydrogens (tertiary/aromatic N) is 1. The van der Waals surface area contributed by atoms with Crippen LogP contribution < -0.4 is 5.32 Å². The van der Waals surface area contributed by atoms with Gasteiger partial charge in [-0.15, -0.1) is 0 Å². The Morgan fingerprint density at radius 3 is 2.65 bits per heavy atom. The van der Waals surface area contributed by atoms with Gasteiger partial charge in [0.1, 0.15) is 0 Å². The van der Waals surface area contributed by atoms with Crippen molar-refractivity contribution in [3.05, 3.63) is 35.4 Å². The fourth-order valence-corrected chi connectivity index (χ4v) is 2.87. The van der Waals surface area contributed by atoms with Crippen molar-refractivity contribution >= 4 is 0 Å². The first-order chi connectivity index (χ1) is 10.9. The van der Waals surface area contributed by atoms with Crippen LogP contribution in [-0.4, -0.2) is 42.3 Å². The summed E-state index contributed by atoms with van der Waals surface area (Å²) >= 11 is 0. The van der Waals surface area contributed by atoms with Gasteiger partial charge in [-0.3, -0.25) is 0 Å². The molecule has 1 aliphatic heterocycles. The summed E-state index contributed by atoms with van der Waals surface area (Å²) in [7, 11) is 0. The number of benzene rings is 1. The van der Waals surface area contributed by atoms with Crippen molar-refractivity contribution in [1.82, 2.24) is 10.2 Å². The molecule has 0 saturated carbocycles. The third-order valence-electron chi connectivity index (χ3n) is 4.37. The van der Waals surface area contributed by atoms with Crippen LogP contribution >= 0.6 is 0 Å². The fourth-order valence-electron chi connectivity index (χ4n) is 2.87. The van der Waals surface area contributed by atoms with Crippen molar-refractivity contribution in [2.24, 2.45) is 0 Å². The number of alkyl halides is 3. The first kappa shape index (κ1) is 18.2. The van der Waals surface area contributed by atoms with E-state index in [-0.39, 0.29) is 12.1 Å². The molecule has 130 valence electrons. The summed E-state index contributed by atoms with van der Waals surface area (Å²) in [5.74, 6) is 0. The minimum absolute atomic E-state index is 0.111. The highest BCUT2D eigenvalue weighted by Gasteiger charge is 2.30. The summed E-state index contributed by atoms with van der Waals surface area (Å²) in [5.41, 5.74) is 0.0523. The molecule has 2 N–H and O–H groups in total. The molecule has 1 aromatic rings. The number of rotatable bonds is 6. The number of halogens is 3. The van der Waals surface area contributed by atoms with Gasteiger partial charge in [0, 0.05) is 19.1 Å². The Bertz CT molecular complexity index is 485. The molecule has 0 aliphatic carbocycles. The lowest BCUT2D eigenvalue weighted by molar-refractivity contribution is -0.137. The lowest BCUT2D eigenvalue weighted by atomic mass is 10.0. The number of aliphatic hydroxyl groups is 1. The van der Waals surface area contributed by atoms with E-state index in [1.807, 2.05) is 6.92 Å². The molecule has 1 atom stereocenters. The number of hydrogen-bond donors (Lipinski definition) is 2. The molecule has 1 heterocycles. The Hall–Kier alpha value is -1.11. The highest BCUT2D eigenvalue weighted by atomic mass is 19.4. The van der Waals surface area contributed by atoms with Crippen LogP contribution in [0.2, 0.25) is 0 Å². The van der Waals surface area contributed by atoms with Crippen molar-refractivity contribution < 1.29 is 18.3 Å². The van der Waals surface area contributed by atoms with Gasteiger partial charge in [0.2, 0.25) is 0 Å². The normalized spacial score (nSPS) is 19.0. The molecule has 0 aromatic heterocycles. The lowest BCUT2D eigenvalue weighted by Crippen LogP contribution is -2.37. The quantitative estimate of drug-likeness (QED) is 0.786. The van der Waals surface area contributed by atoms with Crippen molar-refractivity contribution in [3.63, 3.8) is 0 Å². The van der Waals surface area contributed by atoms with Crippen molar-refractivity contribution in [2.75, 3.05) is 26.2 Å². The second-order valence-electron chi connectivity index (χ2n) is 6.23. The van der Waals surface area contributed by atoms with Crippen molar-refractivity contribution in [3.8, 4) is 0 Å². The largest absolute Gasteiger partial charge is 0.416 e. The van der Waals surface area contributed by atoms with Gasteiger partial charge in [-0.25, -0.2) is 0 Å². The topological polar surface area (TPSA) is 35.5 Å². The minimum Gasteiger partial charge on any atom is -0.393 e. The molecule has 0 spiro atoms. The Balaban J connectivity index is 1.73. The van der Waals surface area contributed by atoms with Crippen LogP contribution in [0.15, 0.2) is 24.3 Å². The summed E-state index contributed by atoms with van der Waals surface area (Å²) in [6, 6.07) is 5.37. The van der Waals surface area contributed by atoms with Crippen LogP contribution in [0.25, 0.3) is 0 Å². The molecule has 0 unspecified atom stereocenters. The maximum atomic E-state index is 12.7. The molecule has 6 heteroatoms. The standard InChI is InChI=1S/C17H25F3N2O/c1-13(14-4-2-5-15(12-14)17(18,19)20)21-8-3-9-22-10-6-16(23)7-11-22/h2,4-5,12-13,16,21,23H,3,6-11H2,1H3/t13-/m0/s1. The molecule has 0 amide bonds. The van der Waals surface area contributed by atoms with Gasteiger partial charge < -0.3 is 15.3 Å². The van der Waals surface area contributed by atoms with Crippen LogP contribution in [-0.2, 0) is 6.18 Å². The Morgan fingerprint density at radius 2 is 2.00 bits per heavy atom. The average molecular weight is 330 g/mol. The maximum absolute atomic E-state index is 12.7. The monoisotopic (exact) mass is 330 g/mol. The molecule has 0 bridgehead atoms. The minimum atomic E-state index is -4.30. The molecule has 3 nitrogen and oxygen atoms in total. The zero-order chi connectivity index (χ0) is 16.9. The van der Waals surface area contributed by atoms with E-state index < -0.39 is 11.7 Å². The number of nitrogens with one attached hydrogen (secondary N) is 1.